The molecule has 0 spiro atoms. The number of aromatic carboxylic acids is 2. The molecule has 0 saturated heterocycles. The van der Waals surface area contributed by atoms with Crippen molar-refractivity contribution >= 4 is 23.8 Å². The Kier molecular flexibility index (Phi) is 5.97. The highest BCUT2D eigenvalue weighted by molar-refractivity contribution is 6.11. The number of amides is 2. The van der Waals surface area contributed by atoms with Crippen LogP contribution >= 0.6 is 0 Å². The smallest absolute Gasteiger partial charge is 0.336 e. The maximum Gasteiger partial charge on any atom is 0.336 e. The molecular weight excluding hydrogens is 396 g/mol. The van der Waals surface area contributed by atoms with Crippen LogP contribution in [-0.4, -0.2) is 34.0 Å². The molecule has 0 atom stereocenters. The van der Waals surface area contributed by atoms with Gasteiger partial charge in [-0.05, 0) is 36.4 Å². The first-order chi connectivity index (χ1) is 14.4. The van der Waals surface area contributed by atoms with E-state index in [1.807, 2.05) is 0 Å². The third-order valence-corrected chi connectivity index (χ3v) is 4.11. The van der Waals surface area contributed by atoms with Crippen molar-refractivity contribution in [3.8, 4) is 0 Å². The fourth-order valence-corrected chi connectivity index (χ4v) is 2.68. The van der Waals surface area contributed by atoms with E-state index >= 15 is 0 Å². The summed E-state index contributed by atoms with van der Waals surface area (Å²) in [6.07, 6.45) is 2.81. The van der Waals surface area contributed by atoms with Crippen LogP contribution < -0.4 is 10.6 Å². The van der Waals surface area contributed by atoms with Gasteiger partial charge in [0.25, 0.3) is 11.8 Å². The lowest BCUT2D eigenvalue weighted by Gasteiger charge is -2.12. The number of benzene rings is 1. The van der Waals surface area contributed by atoms with E-state index in [1.165, 1.54) is 12.5 Å². The highest BCUT2D eigenvalue weighted by Gasteiger charge is 2.25. The van der Waals surface area contributed by atoms with Gasteiger partial charge >= 0.3 is 11.9 Å². The van der Waals surface area contributed by atoms with Gasteiger partial charge in [0.2, 0.25) is 0 Å². The molecule has 10 nitrogen and oxygen atoms in total. The molecule has 0 saturated carbocycles. The number of carbonyl (C=O) groups is 4. The van der Waals surface area contributed by atoms with E-state index in [-0.39, 0.29) is 13.1 Å². The van der Waals surface area contributed by atoms with E-state index in [0.29, 0.717) is 11.5 Å². The summed E-state index contributed by atoms with van der Waals surface area (Å²) in [7, 11) is 0. The second-order valence-electron chi connectivity index (χ2n) is 6.08. The first kappa shape index (κ1) is 20.4. The van der Waals surface area contributed by atoms with E-state index in [1.54, 1.807) is 24.3 Å². The predicted octanol–water partition coefficient (Wildman–Crippen LogP) is 2.13. The molecule has 3 aromatic rings. The zero-order valence-corrected chi connectivity index (χ0v) is 15.4. The first-order valence-corrected chi connectivity index (χ1v) is 8.62. The molecular formula is C20H16N2O8. The monoisotopic (exact) mass is 412 g/mol. The lowest BCUT2D eigenvalue weighted by atomic mass is 9.97. The van der Waals surface area contributed by atoms with Gasteiger partial charge in [-0.3, -0.25) is 9.59 Å². The van der Waals surface area contributed by atoms with Crippen LogP contribution in [0.25, 0.3) is 0 Å². The molecule has 0 aliphatic heterocycles. The van der Waals surface area contributed by atoms with Crippen molar-refractivity contribution in [1.82, 2.24) is 10.6 Å². The van der Waals surface area contributed by atoms with Crippen LogP contribution in [0.3, 0.4) is 0 Å². The van der Waals surface area contributed by atoms with Crippen LogP contribution in [0.15, 0.2) is 57.8 Å². The summed E-state index contributed by atoms with van der Waals surface area (Å²) in [6.45, 7) is -0.0582. The quantitative estimate of drug-likeness (QED) is 0.438. The van der Waals surface area contributed by atoms with Gasteiger partial charge in [-0.15, -0.1) is 0 Å². The largest absolute Gasteiger partial charge is 0.478 e. The number of carbonyl (C=O) groups excluding carboxylic acids is 2. The van der Waals surface area contributed by atoms with Crippen molar-refractivity contribution in [3.63, 3.8) is 0 Å². The number of carboxylic acid groups (broad SMARTS) is 2. The van der Waals surface area contributed by atoms with E-state index in [4.69, 9.17) is 8.83 Å². The van der Waals surface area contributed by atoms with Crippen molar-refractivity contribution in [1.29, 1.82) is 0 Å². The summed E-state index contributed by atoms with van der Waals surface area (Å²) in [4.78, 5) is 48.3. The Morgan fingerprint density at radius 2 is 1.10 bits per heavy atom. The van der Waals surface area contributed by atoms with Gasteiger partial charge in [-0.2, -0.15) is 0 Å². The zero-order chi connectivity index (χ0) is 21.7. The number of hydrogen-bond acceptors (Lipinski definition) is 6. The average molecular weight is 412 g/mol. The summed E-state index contributed by atoms with van der Waals surface area (Å²) in [5.41, 5.74) is -1.82. The Labute approximate surface area is 169 Å². The molecule has 154 valence electrons. The van der Waals surface area contributed by atoms with Crippen molar-refractivity contribution < 1.29 is 38.2 Å². The summed E-state index contributed by atoms with van der Waals surface area (Å²) in [5, 5.41) is 23.9. The molecule has 10 heteroatoms. The number of furan rings is 2. The van der Waals surface area contributed by atoms with E-state index in [0.717, 1.165) is 12.1 Å². The van der Waals surface area contributed by atoms with Gasteiger partial charge in [-0.25, -0.2) is 9.59 Å². The van der Waals surface area contributed by atoms with Crippen molar-refractivity contribution in [2.75, 3.05) is 0 Å². The number of nitrogens with one attached hydrogen (secondary N) is 2. The number of rotatable bonds is 8. The van der Waals surface area contributed by atoms with Crippen LogP contribution in [0.2, 0.25) is 0 Å². The lowest BCUT2D eigenvalue weighted by molar-refractivity contribution is 0.0675. The van der Waals surface area contributed by atoms with Crippen molar-refractivity contribution in [2.45, 2.75) is 13.1 Å². The highest BCUT2D eigenvalue weighted by Crippen LogP contribution is 2.19. The average Bonchev–Trinajstić information content (AvgIpc) is 3.43. The van der Waals surface area contributed by atoms with E-state index < -0.39 is 46.0 Å². The molecule has 3 rings (SSSR count). The fourth-order valence-electron chi connectivity index (χ4n) is 2.68. The normalized spacial score (nSPS) is 10.4. The van der Waals surface area contributed by atoms with Gasteiger partial charge < -0.3 is 29.7 Å². The van der Waals surface area contributed by atoms with Crippen LogP contribution in [0.5, 0.6) is 0 Å². The van der Waals surface area contributed by atoms with E-state index in [2.05, 4.69) is 10.6 Å². The Hall–Kier alpha value is -4.34. The molecule has 1 aromatic carbocycles. The minimum atomic E-state index is -1.49. The molecule has 2 heterocycles. The standard InChI is InChI=1S/C20H16N2O8/c23-17(21-9-11-3-1-5-29-11)13-7-16(20(27)28)14(8-15(13)19(25)26)18(24)22-10-12-4-2-6-30-12/h1-8H,9-10H2,(H,21,23)(H,22,24)(H,25,26)(H,27,28). The molecule has 2 aromatic heterocycles. The Morgan fingerprint density at radius 1 is 0.700 bits per heavy atom. The minimum Gasteiger partial charge on any atom is -0.478 e. The topological polar surface area (TPSA) is 159 Å². The molecule has 0 fully saturated rings. The van der Waals surface area contributed by atoms with Gasteiger partial charge in [0, 0.05) is 0 Å². The van der Waals surface area contributed by atoms with Gasteiger partial charge in [-0.1, -0.05) is 0 Å². The number of hydrogen-bond donors (Lipinski definition) is 4. The van der Waals surface area contributed by atoms with E-state index in [9.17, 15) is 29.4 Å². The Bertz CT molecular complexity index is 996. The third kappa shape index (κ3) is 4.55. The van der Waals surface area contributed by atoms with Crippen LogP contribution in [0.1, 0.15) is 53.0 Å². The Balaban J connectivity index is 1.90. The number of carboxylic acids is 2. The van der Waals surface area contributed by atoms with Crippen LogP contribution in [0, 0.1) is 0 Å². The maximum atomic E-state index is 12.5. The lowest BCUT2D eigenvalue weighted by Crippen LogP contribution is -2.28. The summed E-state index contributed by atoms with van der Waals surface area (Å²) in [5.74, 6) is -3.78. The molecule has 0 unspecified atom stereocenters. The molecule has 0 radical (unpaired) electrons. The summed E-state index contributed by atoms with van der Waals surface area (Å²) < 4.78 is 10.2. The predicted molar refractivity (Wildman–Crippen MR) is 100 cm³/mol. The summed E-state index contributed by atoms with van der Waals surface area (Å²) >= 11 is 0. The molecule has 2 amide bonds. The van der Waals surface area contributed by atoms with Crippen LogP contribution in [0.4, 0.5) is 0 Å². The molecule has 0 aliphatic rings. The molecule has 0 bridgehead atoms. The van der Waals surface area contributed by atoms with Crippen molar-refractivity contribution in [3.05, 3.63) is 82.7 Å². The Morgan fingerprint density at radius 3 is 1.40 bits per heavy atom. The second-order valence-corrected chi connectivity index (χ2v) is 6.08. The first-order valence-electron chi connectivity index (χ1n) is 8.62. The molecule has 30 heavy (non-hydrogen) atoms. The van der Waals surface area contributed by atoms with Crippen LogP contribution in [-0.2, 0) is 13.1 Å². The van der Waals surface area contributed by atoms with Gasteiger partial charge in [0.15, 0.2) is 0 Å². The second kappa shape index (κ2) is 8.78. The molecule has 4 N–H and O–H groups in total. The fraction of sp³-hybridized carbons (Fsp3) is 0.100. The summed E-state index contributed by atoms with van der Waals surface area (Å²) in [6, 6.07) is 8.17. The minimum absolute atomic E-state index is 0.0291. The maximum absolute atomic E-state index is 12.5. The SMILES string of the molecule is O=C(O)c1cc(C(=O)NCc2ccco2)c(C(=O)O)cc1C(=O)NCc1ccco1. The van der Waals surface area contributed by atoms with Gasteiger partial charge in [0.05, 0.1) is 47.9 Å². The highest BCUT2D eigenvalue weighted by atomic mass is 16.4. The van der Waals surface area contributed by atoms with Crippen molar-refractivity contribution in [2.24, 2.45) is 0 Å². The van der Waals surface area contributed by atoms with Gasteiger partial charge in [0.1, 0.15) is 11.5 Å². The third-order valence-electron chi connectivity index (χ3n) is 4.11. The zero-order valence-electron chi connectivity index (χ0n) is 15.4. The molecule has 0 aliphatic carbocycles.